The minimum Gasteiger partial charge on any atom is -0.319 e. The van der Waals surface area contributed by atoms with E-state index in [1.807, 2.05) is 0 Å². The Labute approximate surface area is 81.7 Å². The maximum Gasteiger partial charge on any atom is 0.182 e. The van der Waals surface area contributed by atoms with Gasteiger partial charge in [0, 0.05) is 10.6 Å². The molecular weight excluding hydrogens is 186 g/mol. The number of Topliss-reactive ketones (excluding diaryl/α,β-unsaturated/α-hetero) is 1. The summed E-state index contributed by atoms with van der Waals surface area (Å²) < 4.78 is 0. The van der Waals surface area contributed by atoms with Crippen LogP contribution < -0.4 is 5.73 Å². The van der Waals surface area contributed by atoms with Crippen molar-refractivity contribution in [2.75, 3.05) is 0 Å². The first-order chi connectivity index (χ1) is 6.12. The van der Waals surface area contributed by atoms with Crippen molar-refractivity contribution in [3.63, 3.8) is 0 Å². The minimum atomic E-state index is -0.576. The number of hydrogen-bond donors (Lipinski definition) is 1. The second-order valence-corrected chi connectivity index (χ2v) is 3.93. The first-order valence-electron chi connectivity index (χ1n) is 4.21. The van der Waals surface area contributed by atoms with Crippen LogP contribution in [-0.2, 0) is 0 Å². The molecule has 0 spiro atoms. The molecule has 1 aliphatic rings. The smallest absolute Gasteiger partial charge is 0.182 e. The zero-order chi connectivity index (χ0) is 9.47. The van der Waals surface area contributed by atoms with Gasteiger partial charge < -0.3 is 5.73 Å². The third kappa shape index (κ3) is 1.60. The van der Waals surface area contributed by atoms with Crippen LogP contribution in [0.25, 0.3) is 0 Å². The van der Waals surface area contributed by atoms with E-state index in [1.165, 1.54) is 0 Å². The number of nitrogens with two attached hydrogens (primary N) is 1. The zero-order valence-corrected chi connectivity index (χ0v) is 7.84. The van der Waals surface area contributed by atoms with Crippen LogP contribution in [0.2, 0.25) is 5.02 Å². The SMILES string of the molecule is NC1(C(=O)c2ccc(Cl)cc2)CC1. The molecule has 1 aromatic rings. The van der Waals surface area contributed by atoms with E-state index < -0.39 is 5.54 Å². The zero-order valence-electron chi connectivity index (χ0n) is 7.09. The molecule has 0 heterocycles. The van der Waals surface area contributed by atoms with Crippen molar-refractivity contribution in [1.29, 1.82) is 0 Å². The summed E-state index contributed by atoms with van der Waals surface area (Å²) in [6.07, 6.45) is 1.60. The number of ketones is 1. The molecule has 3 heteroatoms. The van der Waals surface area contributed by atoms with Gasteiger partial charge in [-0.15, -0.1) is 0 Å². The van der Waals surface area contributed by atoms with Gasteiger partial charge in [0.15, 0.2) is 5.78 Å². The summed E-state index contributed by atoms with van der Waals surface area (Å²) >= 11 is 5.70. The second-order valence-electron chi connectivity index (χ2n) is 3.49. The monoisotopic (exact) mass is 195 g/mol. The number of hydrogen-bond acceptors (Lipinski definition) is 2. The maximum absolute atomic E-state index is 11.7. The van der Waals surface area contributed by atoms with Crippen LogP contribution in [0.1, 0.15) is 23.2 Å². The number of halogens is 1. The third-order valence-electron chi connectivity index (χ3n) is 2.35. The normalized spacial score (nSPS) is 18.3. The first-order valence-corrected chi connectivity index (χ1v) is 4.59. The van der Waals surface area contributed by atoms with Gasteiger partial charge in [-0.3, -0.25) is 4.79 Å². The van der Waals surface area contributed by atoms with E-state index in [1.54, 1.807) is 24.3 Å². The van der Waals surface area contributed by atoms with Crippen LogP contribution in [0.4, 0.5) is 0 Å². The molecule has 0 amide bonds. The average molecular weight is 196 g/mol. The highest BCUT2D eigenvalue weighted by Crippen LogP contribution is 2.35. The molecule has 1 aromatic carbocycles. The molecule has 0 aromatic heterocycles. The Morgan fingerprint density at radius 3 is 2.31 bits per heavy atom. The fourth-order valence-corrected chi connectivity index (χ4v) is 1.38. The molecule has 0 saturated heterocycles. The van der Waals surface area contributed by atoms with Crippen molar-refractivity contribution in [1.82, 2.24) is 0 Å². The molecule has 2 nitrogen and oxygen atoms in total. The fourth-order valence-electron chi connectivity index (χ4n) is 1.25. The van der Waals surface area contributed by atoms with Crippen molar-refractivity contribution in [2.45, 2.75) is 18.4 Å². The summed E-state index contributed by atoms with van der Waals surface area (Å²) in [6, 6.07) is 6.86. The van der Waals surface area contributed by atoms with E-state index in [4.69, 9.17) is 17.3 Å². The van der Waals surface area contributed by atoms with E-state index in [2.05, 4.69) is 0 Å². The maximum atomic E-state index is 11.7. The number of benzene rings is 1. The van der Waals surface area contributed by atoms with E-state index in [0.717, 1.165) is 12.8 Å². The largest absolute Gasteiger partial charge is 0.319 e. The highest BCUT2D eigenvalue weighted by Gasteiger charge is 2.45. The second kappa shape index (κ2) is 2.82. The molecule has 0 radical (unpaired) electrons. The Morgan fingerprint density at radius 2 is 1.85 bits per heavy atom. The lowest BCUT2D eigenvalue weighted by molar-refractivity contribution is 0.0949. The molecule has 1 saturated carbocycles. The van der Waals surface area contributed by atoms with Gasteiger partial charge in [-0.05, 0) is 37.1 Å². The van der Waals surface area contributed by atoms with E-state index in [-0.39, 0.29) is 5.78 Å². The summed E-state index contributed by atoms with van der Waals surface area (Å²) in [5.74, 6) is 0.0316. The first kappa shape index (κ1) is 8.73. The Morgan fingerprint density at radius 1 is 1.31 bits per heavy atom. The van der Waals surface area contributed by atoms with Gasteiger partial charge in [0.1, 0.15) is 0 Å². The number of carbonyl (C=O) groups is 1. The number of rotatable bonds is 2. The molecule has 13 heavy (non-hydrogen) atoms. The van der Waals surface area contributed by atoms with Gasteiger partial charge in [-0.25, -0.2) is 0 Å². The quantitative estimate of drug-likeness (QED) is 0.734. The van der Waals surface area contributed by atoms with Crippen molar-refractivity contribution >= 4 is 17.4 Å². The third-order valence-corrected chi connectivity index (χ3v) is 2.60. The Balaban J connectivity index is 2.26. The lowest BCUT2D eigenvalue weighted by Crippen LogP contribution is -2.32. The molecule has 2 rings (SSSR count). The van der Waals surface area contributed by atoms with Crippen molar-refractivity contribution in [3.05, 3.63) is 34.9 Å². The van der Waals surface area contributed by atoms with Crippen molar-refractivity contribution < 1.29 is 4.79 Å². The standard InChI is InChI=1S/C10H10ClNO/c11-8-3-1-7(2-4-8)9(13)10(12)5-6-10/h1-4H,5-6,12H2. The molecular formula is C10H10ClNO. The van der Waals surface area contributed by atoms with Crippen LogP contribution in [0, 0.1) is 0 Å². The van der Waals surface area contributed by atoms with Gasteiger partial charge >= 0.3 is 0 Å². The van der Waals surface area contributed by atoms with Gasteiger partial charge in [0.25, 0.3) is 0 Å². The van der Waals surface area contributed by atoms with Crippen molar-refractivity contribution in [3.8, 4) is 0 Å². The van der Waals surface area contributed by atoms with Gasteiger partial charge in [0.05, 0.1) is 5.54 Å². The van der Waals surface area contributed by atoms with Gasteiger partial charge in [-0.2, -0.15) is 0 Å². The highest BCUT2D eigenvalue weighted by molar-refractivity contribution is 6.30. The minimum absolute atomic E-state index is 0.0316. The van der Waals surface area contributed by atoms with Crippen molar-refractivity contribution in [2.24, 2.45) is 5.73 Å². The average Bonchev–Trinajstić information content (AvgIpc) is 2.85. The molecule has 0 unspecified atom stereocenters. The molecule has 1 fully saturated rings. The summed E-state index contributed by atoms with van der Waals surface area (Å²) in [5.41, 5.74) is 5.86. The van der Waals surface area contributed by atoms with Crippen LogP contribution >= 0.6 is 11.6 Å². The van der Waals surface area contributed by atoms with Gasteiger partial charge in [-0.1, -0.05) is 11.6 Å². The molecule has 0 aliphatic heterocycles. The van der Waals surface area contributed by atoms with E-state index in [0.29, 0.717) is 10.6 Å². The summed E-state index contributed by atoms with van der Waals surface area (Å²) in [6.45, 7) is 0. The van der Waals surface area contributed by atoms with Crippen LogP contribution in [0.15, 0.2) is 24.3 Å². The van der Waals surface area contributed by atoms with E-state index in [9.17, 15) is 4.79 Å². The molecule has 68 valence electrons. The van der Waals surface area contributed by atoms with Crippen LogP contribution in [0.3, 0.4) is 0 Å². The molecule has 0 atom stereocenters. The van der Waals surface area contributed by atoms with E-state index >= 15 is 0 Å². The lowest BCUT2D eigenvalue weighted by Gasteiger charge is -2.06. The highest BCUT2D eigenvalue weighted by atomic mass is 35.5. The molecule has 1 aliphatic carbocycles. The summed E-state index contributed by atoms with van der Waals surface area (Å²) in [5, 5.41) is 0.637. The van der Waals surface area contributed by atoms with Crippen LogP contribution in [-0.4, -0.2) is 11.3 Å². The molecule has 0 bridgehead atoms. The Hall–Kier alpha value is -0.860. The predicted octanol–water partition coefficient (Wildman–Crippen LogP) is 2.01. The topological polar surface area (TPSA) is 43.1 Å². The lowest BCUT2D eigenvalue weighted by atomic mass is 10.0. The summed E-state index contributed by atoms with van der Waals surface area (Å²) in [7, 11) is 0. The summed E-state index contributed by atoms with van der Waals surface area (Å²) in [4.78, 5) is 11.7. The van der Waals surface area contributed by atoms with Crippen LogP contribution in [0.5, 0.6) is 0 Å². The number of carbonyl (C=O) groups excluding carboxylic acids is 1. The predicted molar refractivity (Wildman–Crippen MR) is 51.9 cm³/mol. The fraction of sp³-hybridized carbons (Fsp3) is 0.300. The van der Waals surface area contributed by atoms with Gasteiger partial charge in [0.2, 0.25) is 0 Å². The molecule has 2 N–H and O–H groups in total. The Bertz CT molecular complexity index is 340. The Kier molecular flexibility index (Phi) is 1.90.